The predicted octanol–water partition coefficient (Wildman–Crippen LogP) is 4.91. The smallest absolute Gasteiger partial charge is 0.248 e. The first-order chi connectivity index (χ1) is 14.4. The van der Waals surface area contributed by atoms with E-state index in [9.17, 15) is 13.2 Å². The second kappa shape index (κ2) is 8.98. The molecule has 2 aromatic rings. The number of hydrogen-bond donors (Lipinski definition) is 1. The van der Waals surface area contributed by atoms with Crippen LogP contribution in [-0.4, -0.2) is 50.1 Å². The Balaban J connectivity index is 1.40. The molecule has 30 heavy (non-hydrogen) atoms. The monoisotopic (exact) mass is 417 g/mol. The van der Waals surface area contributed by atoms with Gasteiger partial charge >= 0.3 is 0 Å². The van der Waals surface area contributed by atoms with Gasteiger partial charge in [-0.05, 0) is 55.3 Å². The molecule has 2 aromatic carbocycles. The van der Waals surface area contributed by atoms with Crippen LogP contribution in [0, 0.1) is 5.82 Å². The largest absolute Gasteiger partial charge is 0.369 e. The number of alkyl halides is 2. The molecule has 2 aliphatic rings. The van der Waals surface area contributed by atoms with Crippen LogP contribution in [0.3, 0.4) is 0 Å². The van der Waals surface area contributed by atoms with Crippen molar-refractivity contribution in [3.05, 3.63) is 53.8 Å². The Labute approximate surface area is 176 Å². The fourth-order valence-corrected chi connectivity index (χ4v) is 4.33. The van der Waals surface area contributed by atoms with E-state index in [-0.39, 0.29) is 24.7 Å². The maximum atomic E-state index is 14.5. The third-order valence-electron chi connectivity index (χ3n) is 6.39. The quantitative estimate of drug-likeness (QED) is 0.746. The van der Waals surface area contributed by atoms with E-state index in [1.807, 2.05) is 18.2 Å². The Morgan fingerprint density at radius 3 is 2.30 bits per heavy atom. The Morgan fingerprint density at radius 2 is 1.63 bits per heavy atom. The van der Waals surface area contributed by atoms with Crippen molar-refractivity contribution in [1.29, 1.82) is 0 Å². The van der Waals surface area contributed by atoms with Crippen LogP contribution in [0.5, 0.6) is 0 Å². The molecule has 1 heterocycles. The van der Waals surface area contributed by atoms with Gasteiger partial charge in [0.15, 0.2) is 0 Å². The van der Waals surface area contributed by atoms with Gasteiger partial charge < -0.3 is 15.1 Å². The first-order valence-electron chi connectivity index (χ1n) is 10.8. The summed E-state index contributed by atoms with van der Waals surface area (Å²) in [5.74, 6) is -2.76. The summed E-state index contributed by atoms with van der Waals surface area (Å²) < 4.78 is 41.1. The molecule has 0 radical (unpaired) electrons. The van der Waals surface area contributed by atoms with Gasteiger partial charge in [0.05, 0.1) is 0 Å². The summed E-state index contributed by atoms with van der Waals surface area (Å²) in [5, 5.41) is 3.36. The molecule has 2 fully saturated rings. The number of rotatable bonds is 5. The van der Waals surface area contributed by atoms with Crippen LogP contribution in [0.15, 0.2) is 42.5 Å². The topological polar surface area (TPSA) is 18.5 Å². The fraction of sp³-hybridized carbons (Fsp3) is 0.500. The molecule has 0 unspecified atom stereocenters. The van der Waals surface area contributed by atoms with Crippen LogP contribution in [0.4, 0.5) is 18.9 Å². The van der Waals surface area contributed by atoms with Crippen molar-refractivity contribution < 1.29 is 13.2 Å². The number of nitrogens with one attached hydrogen (secondary N) is 1. The van der Waals surface area contributed by atoms with Crippen LogP contribution >= 0.6 is 0 Å². The van der Waals surface area contributed by atoms with E-state index in [4.69, 9.17) is 0 Å². The summed E-state index contributed by atoms with van der Waals surface area (Å²) in [6.07, 6.45) is 0.849. The van der Waals surface area contributed by atoms with Crippen molar-refractivity contribution in [2.24, 2.45) is 0 Å². The molecule has 1 aliphatic carbocycles. The van der Waals surface area contributed by atoms with E-state index in [1.165, 1.54) is 11.8 Å². The van der Waals surface area contributed by atoms with Gasteiger partial charge in [0.25, 0.3) is 0 Å². The second-order valence-electron chi connectivity index (χ2n) is 8.66. The molecule has 0 amide bonds. The molecule has 0 aromatic heterocycles. The van der Waals surface area contributed by atoms with E-state index in [0.717, 1.165) is 37.3 Å². The lowest BCUT2D eigenvalue weighted by Gasteiger charge is -2.34. The normalized spacial score (nSPS) is 20.5. The zero-order valence-corrected chi connectivity index (χ0v) is 17.5. The highest BCUT2D eigenvalue weighted by Gasteiger charge is 2.34. The van der Waals surface area contributed by atoms with Crippen LogP contribution < -0.4 is 10.2 Å². The minimum absolute atomic E-state index is 0.0566. The third-order valence-corrected chi connectivity index (χ3v) is 6.39. The molecular weight excluding hydrogens is 387 g/mol. The summed E-state index contributed by atoms with van der Waals surface area (Å²) in [4.78, 5) is 4.67. The second-order valence-corrected chi connectivity index (χ2v) is 8.66. The zero-order valence-electron chi connectivity index (χ0n) is 17.5. The summed E-state index contributed by atoms with van der Waals surface area (Å²) in [7, 11) is 2.13. The standard InChI is InChI=1S/C24H30F3N3/c1-29-12-14-30(15-13-29)21-5-3-19(4-6-21)22-16-18(2-7-23(22)25)17-28-20-8-10-24(26,27)11-9-20/h2-7,16,20,28H,8-15,17H2,1H3. The van der Waals surface area contributed by atoms with Crippen molar-refractivity contribution in [3.63, 3.8) is 0 Å². The van der Waals surface area contributed by atoms with E-state index >= 15 is 0 Å². The molecule has 1 saturated heterocycles. The molecule has 3 nitrogen and oxygen atoms in total. The van der Waals surface area contributed by atoms with Crippen molar-refractivity contribution in [3.8, 4) is 11.1 Å². The Bertz CT molecular complexity index is 835. The summed E-state index contributed by atoms with van der Waals surface area (Å²) in [6, 6.07) is 13.3. The highest BCUT2D eigenvalue weighted by Crippen LogP contribution is 2.33. The minimum Gasteiger partial charge on any atom is -0.369 e. The molecular formula is C24H30F3N3. The molecule has 6 heteroatoms. The average Bonchev–Trinajstić information content (AvgIpc) is 2.75. The maximum absolute atomic E-state index is 14.5. The number of nitrogens with zero attached hydrogens (tertiary/aromatic N) is 2. The molecule has 1 N–H and O–H groups in total. The van der Waals surface area contributed by atoms with E-state index in [1.54, 1.807) is 6.07 Å². The number of benzene rings is 2. The van der Waals surface area contributed by atoms with Gasteiger partial charge in [-0.25, -0.2) is 13.2 Å². The van der Waals surface area contributed by atoms with Crippen LogP contribution in [0.2, 0.25) is 0 Å². The number of likely N-dealkylation sites (N-methyl/N-ethyl adjacent to an activating group) is 1. The van der Waals surface area contributed by atoms with Crippen molar-refractivity contribution >= 4 is 5.69 Å². The van der Waals surface area contributed by atoms with Gasteiger partial charge in [-0.3, -0.25) is 0 Å². The van der Waals surface area contributed by atoms with Gasteiger partial charge in [-0.15, -0.1) is 0 Å². The van der Waals surface area contributed by atoms with Gasteiger partial charge in [0, 0.05) is 62.9 Å². The lowest BCUT2D eigenvalue weighted by atomic mass is 9.92. The highest BCUT2D eigenvalue weighted by atomic mass is 19.3. The molecule has 0 atom stereocenters. The van der Waals surface area contributed by atoms with E-state index in [0.29, 0.717) is 24.9 Å². The van der Waals surface area contributed by atoms with Gasteiger partial charge in [-0.1, -0.05) is 18.2 Å². The van der Waals surface area contributed by atoms with Gasteiger partial charge in [0.2, 0.25) is 5.92 Å². The third kappa shape index (κ3) is 5.16. The first-order valence-corrected chi connectivity index (χ1v) is 10.8. The predicted molar refractivity (Wildman–Crippen MR) is 116 cm³/mol. The Hall–Kier alpha value is -2.05. The summed E-state index contributed by atoms with van der Waals surface area (Å²) in [6.45, 7) is 4.65. The highest BCUT2D eigenvalue weighted by molar-refractivity contribution is 5.67. The number of halogens is 3. The molecule has 1 saturated carbocycles. The lowest BCUT2D eigenvalue weighted by molar-refractivity contribution is -0.0405. The number of piperazine rings is 1. The van der Waals surface area contributed by atoms with Crippen LogP contribution in [0.1, 0.15) is 31.2 Å². The van der Waals surface area contributed by atoms with Gasteiger partial charge in [-0.2, -0.15) is 0 Å². The summed E-state index contributed by atoms with van der Waals surface area (Å²) >= 11 is 0. The van der Waals surface area contributed by atoms with Gasteiger partial charge in [0.1, 0.15) is 5.82 Å². The zero-order chi connectivity index (χ0) is 21.1. The van der Waals surface area contributed by atoms with Crippen molar-refractivity contribution in [2.45, 2.75) is 44.2 Å². The summed E-state index contributed by atoms with van der Waals surface area (Å²) in [5.41, 5.74) is 3.56. The van der Waals surface area contributed by atoms with Crippen LogP contribution in [-0.2, 0) is 6.54 Å². The number of anilines is 1. The molecule has 0 bridgehead atoms. The molecule has 4 rings (SSSR count). The first kappa shape index (κ1) is 21.2. The van der Waals surface area contributed by atoms with Crippen LogP contribution in [0.25, 0.3) is 11.1 Å². The molecule has 1 aliphatic heterocycles. The van der Waals surface area contributed by atoms with E-state index < -0.39 is 5.92 Å². The SMILES string of the molecule is CN1CCN(c2ccc(-c3cc(CNC4CCC(F)(F)CC4)ccc3F)cc2)CC1. The fourth-order valence-electron chi connectivity index (χ4n) is 4.33. The Morgan fingerprint density at radius 1 is 0.967 bits per heavy atom. The number of hydrogen-bond acceptors (Lipinski definition) is 3. The Kier molecular flexibility index (Phi) is 6.34. The maximum Gasteiger partial charge on any atom is 0.248 e. The average molecular weight is 418 g/mol. The van der Waals surface area contributed by atoms with Crippen molar-refractivity contribution in [1.82, 2.24) is 10.2 Å². The molecule has 162 valence electrons. The minimum atomic E-state index is -2.52. The van der Waals surface area contributed by atoms with E-state index in [2.05, 4.69) is 34.3 Å². The molecule has 0 spiro atoms. The lowest BCUT2D eigenvalue weighted by Crippen LogP contribution is -2.44. The van der Waals surface area contributed by atoms with Crippen molar-refractivity contribution in [2.75, 3.05) is 38.1 Å².